The van der Waals surface area contributed by atoms with Gasteiger partial charge in [-0.3, -0.25) is 9.20 Å². The molecule has 2 N–H and O–H groups in total. The zero-order chi connectivity index (χ0) is 16.2. The van der Waals surface area contributed by atoms with E-state index in [9.17, 15) is 9.59 Å². The van der Waals surface area contributed by atoms with Gasteiger partial charge in [0.15, 0.2) is 0 Å². The number of anilines is 1. The van der Waals surface area contributed by atoms with E-state index >= 15 is 0 Å². The van der Waals surface area contributed by atoms with Gasteiger partial charge in [0.1, 0.15) is 11.3 Å². The van der Waals surface area contributed by atoms with Gasteiger partial charge in [-0.05, 0) is 30.0 Å². The van der Waals surface area contributed by atoms with E-state index in [0.29, 0.717) is 17.2 Å². The first-order valence-corrected chi connectivity index (χ1v) is 8.13. The molecule has 3 heterocycles. The summed E-state index contributed by atoms with van der Waals surface area (Å²) >= 11 is 7.52. The van der Waals surface area contributed by atoms with Gasteiger partial charge in [0.05, 0.1) is 11.2 Å². The van der Waals surface area contributed by atoms with Crippen LogP contribution in [0.3, 0.4) is 0 Å². The van der Waals surface area contributed by atoms with Crippen LogP contribution in [0.1, 0.15) is 4.88 Å². The molecule has 0 aliphatic heterocycles. The van der Waals surface area contributed by atoms with E-state index in [2.05, 4.69) is 15.6 Å². The van der Waals surface area contributed by atoms with Crippen molar-refractivity contribution in [3.63, 3.8) is 0 Å². The van der Waals surface area contributed by atoms with Crippen LogP contribution in [0.2, 0.25) is 5.02 Å². The third-order valence-electron chi connectivity index (χ3n) is 3.15. The summed E-state index contributed by atoms with van der Waals surface area (Å²) in [5.41, 5.74) is 0.173. The number of amides is 2. The zero-order valence-corrected chi connectivity index (χ0v) is 13.5. The van der Waals surface area contributed by atoms with Gasteiger partial charge in [-0.15, -0.1) is 11.3 Å². The predicted molar refractivity (Wildman–Crippen MR) is 91.5 cm³/mol. The van der Waals surface area contributed by atoms with Gasteiger partial charge in [0.25, 0.3) is 5.56 Å². The van der Waals surface area contributed by atoms with Crippen LogP contribution in [0.5, 0.6) is 0 Å². The van der Waals surface area contributed by atoms with Crippen molar-refractivity contribution in [3.8, 4) is 0 Å². The maximum Gasteiger partial charge on any atom is 0.319 e. The first kappa shape index (κ1) is 15.5. The molecule has 3 aromatic rings. The molecule has 0 saturated heterocycles. The van der Waals surface area contributed by atoms with E-state index in [1.165, 1.54) is 21.7 Å². The molecule has 8 heteroatoms. The van der Waals surface area contributed by atoms with Gasteiger partial charge >= 0.3 is 6.03 Å². The van der Waals surface area contributed by atoms with Gasteiger partial charge in [-0.2, -0.15) is 0 Å². The van der Waals surface area contributed by atoms with E-state index in [4.69, 9.17) is 11.6 Å². The van der Waals surface area contributed by atoms with E-state index in [1.807, 2.05) is 17.5 Å². The summed E-state index contributed by atoms with van der Waals surface area (Å²) in [6, 6.07) is 6.81. The summed E-state index contributed by atoms with van der Waals surface area (Å²) in [6.45, 7) is 0.487. The van der Waals surface area contributed by atoms with Crippen LogP contribution in [0.15, 0.2) is 46.8 Å². The number of hydrogen-bond acceptors (Lipinski definition) is 4. The molecule has 0 aromatic carbocycles. The molecular formula is C15H13ClN4O2S. The molecule has 0 aliphatic rings. The molecule has 2 amide bonds. The molecule has 6 nitrogen and oxygen atoms in total. The maximum atomic E-state index is 12.3. The molecule has 0 radical (unpaired) electrons. The third kappa shape index (κ3) is 3.69. The fourth-order valence-corrected chi connectivity index (χ4v) is 2.93. The fourth-order valence-electron chi connectivity index (χ4n) is 2.06. The zero-order valence-electron chi connectivity index (χ0n) is 12.0. The van der Waals surface area contributed by atoms with Crippen molar-refractivity contribution in [1.82, 2.24) is 14.7 Å². The van der Waals surface area contributed by atoms with Gasteiger partial charge in [0, 0.05) is 17.6 Å². The highest BCUT2D eigenvalue weighted by Gasteiger charge is 2.08. The second-order valence-electron chi connectivity index (χ2n) is 4.76. The molecule has 23 heavy (non-hydrogen) atoms. The maximum absolute atomic E-state index is 12.3. The Bertz CT molecular complexity index is 892. The highest BCUT2D eigenvalue weighted by Crippen LogP contribution is 2.10. The molecule has 0 saturated carbocycles. The van der Waals surface area contributed by atoms with Gasteiger partial charge in [0.2, 0.25) is 0 Å². The first-order chi connectivity index (χ1) is 11.1. The topological polar surface area (TPSA) is 75.5 Å². The van der Waals surface area contributed by atoms with E-state index in [1.54, 1.807) is 23.5 Å². The van der Waals surface area contributed by atoms with Crippen LogP contribution in [-0.4, -0.2) is 22.0 Å². The number of pyridine rings is 1. The molecular weight excluding hydrogens is 336 g/mol. The highest BCUT2D eigenvalue weighted by atomic mass is 35.5. The van der Waals surface area contributed by atoms with Crippen LogP contribution >= 0.6 is 22.9 Å². The van der Waals surface area contributed by atoms with Crippen molar-refractivity contribution < 1.29 is 4.79 Å². The van der Waals surface area contributed by atoms with Crippen molar-refractivity contribution in [3.05, 3.63) is 62.3 Å². The van der Waals surface area contributed by atoms with Crippen molar-refractivity contribution in [2.75, 3.05) is 11.9 Å². The van der Waals surface area contributed by atoms with Crippen LogP contribution in [-0.2, 0) is 6.42 Å². The molecule has 3 aromatic heterocycles. The summed E-state index contributed by atoms with van der Waals surface area (Å²) in [5, 5.41) is 7.63. The van der Waals surface area contributed by atoms with E-state index in [-0.39, 0.29) is 11.2 Å². The number of urea groups is 1. The standard InChI is InChI=1S/C15H13ClN4O2S/c16-10-3-4-13-18-8-12(14(21)20(13)9-10)19-15(22)17-6-5-11-2-1-7-23-11/h1-4,7-9H,5-6H2,(H2,17,19,22). The average molecular weight is 349 g/mol. The van der Waals surface area contributed by atoms with E-state index in [0.717, 1.165) is 6.42 Å². The number of thiophene rings is 1. The number of nitrogens with zero attached hydrogens (tertiary/aromatic N) is 2. The molecule has 0 bridgehead atoms. The second-order valence-corrected chi connectivity index (χ2v) is 6.23. The molecule has 0 fully saturated rings. The molecule has 0 aliphatic carbocycles. The van der Waals surface area contributed by atoms with Crippen LogP contribution in [0.4, 0.5) is 10.5 Å². The second kappa shape index (κ2) is 6.80. The number of halogens is 1. The number of aromatic nitrogens is 2. The Labute approximate surface area is 140 Å². The van der Waals surface area contributed by atoms with E-state index < -0.39 is 6.03 Å². The van der Waals surface area contributed by atoms with Crippen molar-refractivity contribution in [2.24, 2.45) is 0 Å². The van der Waals surface area contributed by atoms with Gasteiger partial charge in [-0.1, -0.05) is 17.7 Å². The van der Waals surface area contributed by atoms with Crippen LogP contribution < -0.4 is 16.2 Å². The fraction of sp³-hybridized carbons (Fsp3) is 0.133. The number of carbonyl (C=O) groups is 1. The minimum atomic E-state index is -0.442. The lowest BCUT2D eigenvalue weighted by molar-refractivity contribution is 0.252. The van der Waals surface area contributed by atoms with Crippen molar-refractivity contribution in [2.45, 2.75) is 6.42 Å². The lowest BCUT2D eigenvalue weighted by Crippen LogP contribution is -2.33. The number of fused-ring (bicyclic) bond motifs is 1. The molecule has 0 unspecified atom stereocenters. The lowest BCUT2D eigenvalue weighted by Gasteiger charge is -2.08. The normalized spacial score (nSPS) is 10.7. The number of nitrogens with one attached hydrogen (secondary N) is 2. The summed E-state index contributed by atoms with van der Waals surface area (Å²) in [7, 11) is 0. The number of hydrogen-bond donors (Lipinski definition) is 2. The molecule has 0 atom stereocenters. The van der Waals surface area contributed by atoms with Gasteiger partial charge < -0.3 is 10.6 Å². The molecule has 0 spiro atoms. The summed E-state index contributed by atoms with van der Waals surface area (Å²) in [6.07, 6.45) is 3.55. The quantitative estimate of drug-likeness (QED) is 0.761. The minimum Gasteiger partial charge on any atom is -0.338 e. The highest BCUT2D eigenvalue weighted by molar-refractivity contribution is 7.09. The monoisotopic (exact) mass is 348 g/mol. The average Bonchev–Trinajstić information content (AvgIpc) is 3.04. The molecule has 3 rings (SSSR count). The molecule has 118 valence electrons. The summed E-state index contributed by atoms with van der Waals surface area (Å²) in [5.74, 6) is 0. The summed E-state index contributed by atoms with van der Waals surface area (Å²) in [4.78, 5) is 29.5. The smallest absolute Gasteiger partial charge is 0.319 e. The Kier molecular flexibility index (Phi) is 4.59. The minimum absolute atomic E-state index is 0.0957. The van der Waals surface area contributed by atoms with Crippen molar-refractivity contribution >= 4 is 40.3 Å². The SMILES string of the molecule is O=C(NCCc1cccs1)Nc1cnc2ccc(Cl)cn2c1=O. The predicted octanol–water partition coefficient (Wildman–Crippen LogP) is 2.77. The van der Waals surface area contributed by atoms with Gasteiger partial charge in [-0.25, -0.2) is 9.78 Å². The van der Waals surface area contributed by atoms with Crippen LogP contribution in [0, 0.1) is 0 Å². The largest absolute Gasteiger partial charge is 0.338 e. The Balaban J connectivity index is 1.67. The Morgan fingerprint density at radius 3 is 3.00 bits per heavy atom. The Morgan fingerprint density at radius 2 is 2.22 bits per heavy atom. The lowest BCUT2D eigenvalue weighted by atomic mass is 10.3. The Hall–Kier alpha value is -2.38. The number of carbonyl (C=O) groups excluding carboxylic acids is 1. The van der Waals surface area contributed by atoms with Crippen LogP contribution in [0.25, 0.3) is 5.65 Å². The Morgan fingerprint density at radius 1 is 1.35 bits per heavy atom. The third-order valence-corrected chi connectivity index (χ3v) is 4.31. The first-order valence-electron chi connectivity index (χ1n) is 6.87. The number of rotatable bonds is 4. The van der Waals surface area contributed by atoms with Crippen molar-refractivity contribution in [1.29, 1.82) is 0 Å². The summed E-state index contributed by atoms with van der Waals surface area (Å²) < 4.78 is 1.30.